The van der Waals surface area contributed by atoms with E-state index in [4.69, 9.17) is 0 Å². The average molecular weight is 577 g/mol. The predicted molar refractivity (Wildman–Crippen MR) is 152 cm³/mol. The molecular weight excluding hydrogens is 558 g/mol. The van der Waals surface area contributed by atoms with Crippen LogP contribution in [-0.4, -0.2) is 4.57 Å². The van der Waals surface area contributed by atoms with Gasteiger partial charge in [0.15, 0.2) is 0 Å². The number of benzene rings is 5. The maximum atomic E-state index is 4.02. The summed E-state index contributed by atoms with van der Waals surface area (Å²) in [5, 5.41) is 2.63. The molecule has 35 heavy (non-hydrogen) atoms. The lowest BCUT2D eigenvalue weighted by Gasteiger charge is -2.30. The Balaban J connectivity index is 1.68. The molecule has 0 fully saturated rings. The normalized spacial score (nSPS) is 14.4. The van der Waals surface area contributed by atoms with Gasteiger partial charge < -0.3 is 4.57 Å². The molecule has 2 aliphatic carbocycles. The van der Waals surface area contributed by atoms with E-state index in [1.165, 1.54) is 66.3 Å². The van der Waals surface area contributed by atoms with Gasteiger partial charge in [0.05, 0.1) is 10.9 Å². The summed E-state index contributed by atoms with van der Waals surface area (Å²) in [6.07, 6.45) is 0. The largest absolute Gasteiger partial charge is 0.343 e. The lowest BCUT2D eigenvalue weighted by Crippen LogP contribution is -2.26. The van der Waals surface area contributed by atoms with Crippen molar-refractivity contribution in [2.45, 2.75) is 5.41 Å². The van der Waals surface area contributed by atoms with Gasteiger partial charge in [-0.2, -0.15) is 0 Å². The lowest BCUT2D eigenvalue weighted by atomic mass is 9.70. The summed E-state index contributed by atoms with van der Waals surface area (Å²) in [4.78, 5) is 0. The van der Waals surface area contributed by atoms with Crippen molar-refractivity contribution < 1.29 is 0 Å². The minimum atomic E-state index is -0.352. The lowest BCUT2D eigenvalue weighted by molar-refractivity contribution is 0.793. The van der Waals surface area contributed by atoms with Crippen LogP contribution >= 0.6 is 31.9 Å². The Morgan fingerprint density at radius 3 is 2.03 bits per heavy atom. The van der Waals surface area contributed by atoms with E-state index in [1.54, 1.807) is 0 Å². The van der Waals surface area contributed by atoms with Crippen LogP contribution in [0.3, 0.4) is 0 Å². The van der Waals surface area contributed by atoms with Crippen LogP contribution in [0, 0.1) is 0 Å². The third kappa shape index (κ3) is 2.25. The highest BCUT2D eigenvalue weighted by Gasteiger charge is 2.52. The summed E-state index contributed by atoms with van der Waals surface area (Å²) < 4.78 is 4.58. The Kier molecular flexibility index (Phi) is 3.87. The third-order valence-corrected chi connectivity index (χ3v) is 9.23. The fraction of sp³-hybridized carbons (Fsp3) is 0.0625. The monoisotopic (exact) mass is 575 g/mol. The SMILES string of the molecule is Cn1c2ccccc2c2c3c(cc(Br)c21)C1(c2ccccc2-c2ccccc21)c1cc(Br)ccc1-3. The minimum absolute atomic E-state index is 0.352. The van der Waals surface area contributed by atoms with E-state index >= 15 is 0 Å². The molecule has 0 N–H and O–H groups in total. The zero-order valence-electron chi connectivity index (χ0n) is 18.9. The topological polar surface area (TPSA) is 4.93 Å². The van der Waals surface area contributed by atoms with Gasteiger partial charge in [-0.25, -0.2) is 0 Å². The maximum Gasteiger partial charge on any atom is 0.0726 e. The van der Waals surface area contributed by atoms with Crippen molar-refractivity contribution in [2.24, 2.45) is 7.05 Å². The molecular formula is C32H19Br2N. The molecule has 1 heterocycles. The van der Waals surface area contributed by atoms with Crippen molar-refractivity contribution in [3.05, 3.63) is 128 Å². The van der Waals surface area contributed by atoms with Crippen molar-refractivity contribution in [3.63, 3.8) is 0 Å². The molecule has 0 aliphatic heterocycles. The third-order valence-electron chi connectivity index (χ3n) is 8.13. The summed E-state index contributed by atoms with van der Waals surface area (Å²) >= 11 is 7.83. The number of hydrogen-bond donors (Lipinski definition) is 0. The molecule has 5 aromatic carbocycles. The molecule has 1 spiro atoms. The first-order valence-electron chi connectivity index (χ1n) is 11.8. The van der Waals surface area contributed by atoms with Gasteiger partial charge in [0.2, 0.25) is 0 Å². The molecule has 1 aromatic heterocycles. The second kappa shape index (κ2) is 6.75. The highest BCUT2D eigenvalue weighted by atomic mass is 79.9. The van der Waals surface area contributed by atoms with E-state index in [2.05, 4.69) is 141 Å². The van der Waals surface area contributed by atoms with E-state index in [9.17, 15) is 0 Å². The molecule has 1 nitrogen and oxygen atoms in total. The van der Waals surface area contributed by atoms with Crippen molar-refractivity contribution in [1.29, 1.82) is 0 Å². The van der Waals surface area contributed by atoms with Gasteiger partial charge in [-0.1, -0.05) is 88.7 Å². The molecule has 0 saturated heterocycles. The van der Waals surface area contributed by atoms with Gasteiger partial charge in [0.1, 0.15) is 0 Å². The summed E-state index contributed by atoms with van der Waals surface area (Å²) in [5.74, 6) is 0. The first-order valence-corrected chi connectivity index (χ1v) is 13.4. The van der Waals surface area contributed by atoms with Gasteiger partial charge in [0.25, 0.3) is 0 Å². The van der Waals surface area contributed by atoms with Crippen LogP contribution in [0.5, 0.6) is 0 Å². The number of nitrogens with zero attached hydrogens (tertiary/aromatic N) is 1. The molecule has 166 valence electrons. The van der Waals surface area contributed by atoms with E-state index in [0.717, 1.165) is 8.95 Å². The number of para-hydroxylation sites is 1. The van der Waals surface area contributed by atoms with Crippen LogP contribution in [-0.2, 0) is 12.5 Å². The number of aromatic nitrogens is 1. The Morgan fingerprint density at radius 1 is 0.629 bits per heavy atom. The molecule has 6 aromatic rings. The van der Waals surface area contributed by atoms with Gasteiger partial charge >= 0.3 is 0 Å². The molecule has 0 atom stereocenters. The van der Waals surface area contributed by atoms with Gasteiger partial charge in [-0.05, 0) is 84.7 Å². The van der Waals surface area contributed by atoms with Crippen molar-refractivity contribution in [3.8, 4) is 22.3 Å². The van der Waals surface area contributed by atoms with Gasteiger partial charge in [-0.15, -0.1) is 0 Å². The molecule has 3 heteroatoms. The molecule has 0 saturated carbocycles. The van der Waals surface area contributed by atoms with Crippen LogP contribution in [0.1, 0.15) is 22.3 Å². The Bertz CT molecular complexity index is 1850. The summed E-state index contributed by atoms with van der Waals surface area (Å²) in [7, 11) is 2.18. The standard InChI is InChI=1S/C32H19Br2N/c1-35-28-13-7-4-10-22(28)30-29-21-15-14-18(33)16-25(21)32(26(29)17-27(34)31(30)35)23-11-5-2-8-19(23)20-9-3-6-12-24(20)32/h2-17H,1H3. The molecule has 0 unspecified atom stereocenters. The molecule has 0 radical (unpaired) electrons. The molecule has 8 rings (SSSR count). The molecule has 2 aliphatic rings. The molecule has 0 bridgehead atoms. The first kappa shape index (κ1) is 20.1. The van der Waals surface area contributed by atoms with E-state index in [1.807, 2.05) is 0 Å². The zero-order valence-corrected chi connectivity index (χ0v) is 22.1. The highest BCUT2D eigenvalue weighted by molar-refractivity contribution is 9.11. The van der Waals surface area contributed by atoms with Crippen molar-refractivity contribution in [2.75, 3.05) is 0 Å². The first-order chi connectivity index (χ1) is 17.1. The van der Waals surface area contributed by atoms with Crippen molar-refractivity contribution >= 4 is 53.7 Å². The number of rotatable bonds is 0. The van der Waals surface area contributed by atoms with E-state index in [0.29, 0.717) is 0 Å². The number of fused-ring (bicyclic) bond motifs is 14. The van der Waals surface area contributed by atoms with Crippen LogP contribution < -0.4 is 0 Å². The van der Waals surface area contributed by atoms with Crippen LogP contribution in [0.2, 0.25) is 0 Å². The summed E-state index contributed by atoms with van der Waals surface area (Å²) in [6.45, 7) is 0. The smallest absolute Gasteiger partial charge is 0.0726 e. The predicted octanol–water partition coefficient (Wildman–Crippen LogP) is 9.20. The minimum Gasteiger partial charge on any atom is -0.343 e. The number of hydrogen-bond acceptors (Lipinski definition) is 0. The fourth-order valence-corrected chi connectivity index (χ4v) is 7.96. The van der Waals surface area contributed by atoms with Crippen molar-refractivity contribution in [1.82, 2.24) is 4.57 Å². The second-order valence-electron chi connectivity index (χ2n) is 9.61. The van der Waals surface area contributed by atoms with Crippen LogP contribution in [0.4, 0.5) is 0 Å². The summed E-state index contributed by atoms with van der Waals surface area (Å²) in [6, 6.07) is 35.9. The summed E-state index contributed by atoms with van der Waals surface area (Å²) in [5.41, 5.74) is 12.9. The van der Waals surface area contributed by atoms with Crippen LogP contribution in [0.25, 0.3) is 44.1 Å². The second-order valence-corrected chi connectivity index (χ2v) is 11.4. The van der Waals surface area contributed by atoms with E-state index < -0.39 is 0 Å². The molecule has 0 amide bonds. The van der Waals surface area contributed by atoms with Gasteiger partial charge in [-0.3, -0.25) is 0 Å². The Hall–Kier alpha value is -3.14. The number of halogens is 2. The van der Waals surface area contributed by atoms with E-state index in [-0.39, 0.29) is 5.41 Å². The maximum absolute atomic E-state index is 4.02. The highest BCUT2D eigenvalue weighted by Crippen LogP contribution is 2.65. The fourth-order valence-electron chi connectivity index (χ4n) is 6.91. The zero-order chi connectivity index (χ0) is 23.5. The Morgan fingerprint density at radius 2 is 1.29 bits per heavy atom. The Labute approximate surface area is 220 Å². The quantitative estimate of drug-likeness (QED) is 0.169. The van der Waals surface area contributed by atoms with Gasteiger partial charge in [0, 0.05) is 32.3 Å². The number of aryl methyl sites for hydroxylation is 1. The average Bonchev–Trinajstić information content (AvgIpc) is 3.46. The van der Waals surface area contributed by atoms with Crippen LogP contribution in [0.15, 0.2) is 106 Å².